The molecule has 0 saturated heterocycles. The zero-order valence-electron chi connectivity index (χ0n) is 11.6. The van der Waals surface area contributed by atoms with E-state index in [4.69, 9.17) is 9.47 Å². The number of nitrogens with one attached hydrogen (secondary N) is 1. The highest BCUT2D eigenvalue weighted by molar-refractivity contribution is 5.40. The highest BCUT2D eigenvalue weighted by Gasteiger charge is 2.43. The van der Waals surface area contributed by atoms with Gasteiger partial charge in [0.05, 0.1) is 26.0 Å². The van der Waals surface area contributed by atoms with E-state index in [-0.39, 0.29) is 23.3 Å². The van der Waals surface area contributed by atoms with E-state index in [9.17, 15) is 13.2 Å². The van der Waals surface area contributed by atoms with Gasteiger partial charge in [0, 0.05) is 18.6 Å². The van der Waals surface area contributed by atoms with Crippen LogP contribution in [0.3, 0.4) is 0 Å². The molecular weight excluding hydrogens is 303 g/mol. The first-order chi connectivity index (χ1) is 10.5. The van der Waals surface area contributed by atoms with Crippen LogP contribution < -0.4 is 14.8 Å². The van der Waals surface area contributed by atoms with Crippen LogP contribution in [0.2, 0.25) is 0 Å². The summed E-state index contributed by atoms with van der Waals surface area (Å²) in [5, 5.41) is 2.25. The van der Waals surface area contributed by atoms with E-state index in [2.05, 4.69) is 25.3 Å². The Morgan fingerprint density at radius 2 is 1.86 bits per heavy atom. The maximum absolute atomic E-state index is 13.3. The summed E-state index contributed by atoms with van der Waals surface area (Å²) < 4.78 is 49.7. The third kappa shape index (κ3) is 3.51. The van der Waals surface area contributed by atoms with Gasteiger partial charge in [0.15, 0.2) is 6.04 Å². The van der Waals surface area contributed by atoms with Crippen LogP contribution in [-0.2, 0) is 0 Å². The number of aromatic nitrogens is 4. The normalized spacial score (nSPS) is 12.6. The fourth-order valence-corrected chi connectivity index (χ4v) is 1.68. The van der Waals surface area contributed by atoms with Gasteiger partial charge in [-0.25, -0.2) is 9.97 Å². The molecule has 7 nitrogen and oxygen atoms in total. The molecule has 0 fully saturated rings. The van der Waals surface area contributed by atoms with Crippen molar-refractivity contribution in [1.82, 2.24) is 19.9 Å². The average Bonchev–Trinajstić information content (AvgIpc) is 2.52. The first-order valence-electron chi connectivity index (χ1n) is 6.00. The van der Waals surface area contributed by atoms with E-state index in [1.54, 1.807) is 0 Å². The van der Waals surface area contributed by atoms with Crippen LogP contribution in [0, 0.1) is 0 Å². The lowest BCUT2D eigenvalue weighted by molar-refractivity contribution is -0.144. The van der Waals surface area contributed by atoms with E-state index < -0.39 is 12.2 Å². The summed E-state index contributed by atoms with van der Waals surface area (Å²) in [5.74, 6) is -0.284. The number of hydrogen-bond acceptors (Lipinski definition) is 7. The maximum Gasteiger partial charge on any atom is 0.413 e. The van der Waals surface area contributed by atoms with Crippen LogP contribution in [0.4, 0.5) is 19.0 Å². The van der Waals surface area contributed by atoms with Crippen molar-refractivity contribution in [3.05, 3.63) is 30.4 Å². The number of halogens is 3. The molecule has 2 aromatic heterocycles. The van der Waals surface area contributed by atoms with Crippen LogP contribution in [-0.4, -0.2) is 40.3 Å². The minimum atomic E-state index is -4.62. The minimum Gasteiger partial charge on any atom is -0.481 e. The van der Waals surface area contributed by atoms with Crippen molar-refractivity contribution in [2.75, 3.05) is 19.5 Å². The monoisotopic (exact) mass is 315 g/mol. The van der Waals surface area contributed by atoms with E-state index in [1.807, 2.05) is 0 Å². The quantitative estimate of drug-likeness (QED) is 0.903. The molecule has 0 aliphatic heterocycles. The molecule has 0 spiro atoms. The Bertz CT molecular complexity index is 624. The fourth-order valence-electron chi connectivity index (χ4n) is 1.68. The zero-order chi connectivity index (χ0) is 16.2. The number of hydrogen-bond donors (Lipinski definition) is 1. The summed E-state index contributed by atoms with van der Waals surface area (Å²) in [6, 6.07) is -2.20. The fraction of sp³-hybridized carbons (Fsp3) is 0.333. The van der Waals surface area contributed by atoms with Crippen molar-refractivity contribution in [3.63, 3.8) is 0 Å². The Kier molecular flexibility index (Phi) is 4.59. The molecule has 0 aliphatic rings. The second-order valence-corrected chi connectivity index (χ2v) is 4.03. The molecular formula is C12H12F3N5O2. The second-order valence-electron chi connectivity index (χ2n) is 4.03. The van der Waals surface area contributed by atoms with Gasteiger partial charge >= 0.3 is 12.2 Å². The molecule has 1 unspecified atom stereocenters. The SMILES string of the molecule is COc1ncc(C(Nc2cnccn2)C(F)(F)F)c(OC)n1. The van der Waals surface area contributed by atoms with Crippen LogP contribution in [0.5, 0.6) is 11.9 Å². The zero-order valence-corrected chi connectivity index (χ0v) is 11.6. The smallest absolute Gasteiger partial charge is 0.413 e. The van der Waals surface area contributed by atoms with Gasteiger partial charge in [0.25, 0.3) is 0 Å². The number of ether oxygens (including phenoxy) is 2. The van der Waals surface area contributed by atoms with Crippen molar-refractivity contribution in [1.29, 1.82) is 0 Å². The summed E-state index contributed by atoms with van der Waals surface area (Å²) in [7, 11) is 2.51. The molecule has 2 rings (SSSR count). The van der Waals surface area contributed by atoms with Crippen LogP contribution >= 0.6 is 0 Å². The summed E-state index contributed by atoms with van der Waals surface area (Å²) >= 11 is 0. The Morgan fingerprint density at radius 3 is 2.41 bits per heavy atom. The largest absolute Gasteiger partial charge is 0.481 e. The summed E-state index contributed by atoms with van der Waals surface area (Å²) in [6.07, 6.45) is 0.174. The third-order valence-corrected chi connectivity index (χ3v) is 2.63. The standard InChI is InChI=1S/C12H12F3N5O2/c1-21-10-7(5-18-11(20-10)22-2)9(12(13,14)15)19-8-6-16-3-4-17-8/h3-6,9H,1-2H3,(H,17,19). The van der Waals surface area contributed by atoms with E-state index in [0.717, 1.165) is 6.20 Å². The number of rotatable bonds is 5. The number of alkyl halides is 3. The third-order valence-electron chi connectivity index (χ3n) is 2.63. The molecule has 1 atom stereocenters. The summed E-state index contributed by atoms with van der Waals surface area (Å²) in [5.41, 5.74) is -0.290. The summed E-state index contributed by atoms with van der Waals surface area (Å²) in [6.45, 7) is 0. The average molecular weight is 315 g/mol. The molecule has 0 aromatic carbocycles. The Morgan fingerprint density at radius 1 is 1.09 bits per heavy atom. The predicted octanol–water partition coefficient (Wildman–Crippen LogP) is 2.00. The molecule has 0 aliphatic carbocycles. The lowest BCUT2D eigenvalue weighted by Gasteiger charge is -2.23. The lowest BCUT2D eigenvalue weighted by atomic mass is 10.1. The van der Waals surface area contributed by atoms with Crippen molar-refractivity contribution in [3.8, 4) is 11.9 Å². The molecule has 2 heterocycles. The van der Waals surface area contributed by atoms with Gasteiger partial charge < -0.3 is 14.8 Å². The van der Waals surface area contributed by atoms with E-state index in [0.29, 0.717) is 0 Å². The minimum absolute atomic E-state index is 0.0392. The van der Waals surface area contributed by atoms with E-state index >= 15 is 0 Å². The van der Waals surface area contributed by atoms with Gasteiger partial charge in [-0.1, -0.05) is 0 Å². The second kappa shape index (κ2) is 6.41. The summed E-state index contributed by atoms with van der Waals surface area (Å²) in [4.78, 5) is 14.9. The van der Waals surface area contributed by atoms with Gasteiger partial charge in [-0.15, -0.1) is 0 Å². The van der Waals surface area contributed by atoms with Gasteiger partial charge in [0.2, 0.25) is 5.88 Å². The van der Waals surface area contributed by atoms with Gasteiger partial charge in [0.1, 0.15) is 5.82 Å². The molecule has 0 amide bonds. The molecule has 22 heavy (non-hydrogen) atoms. The molecule has 118 valence electrons. The number of anilines is 1. The molecule has 2 aromatic rings. The molecule has 0 saturated carbocycles. The maximum atomic E-state index is 13.3. The number of nitrogens with zero attached hydrogens (tertiary/aromatic N) is 4. The Labute approximate surface area is 123 Å². The van der Waals surface area contributed by atoms with Gasteiger partial charge in [-0.05, 0) is 0 Å². The van der Waals surface area contributed by atoms with Crippen LogP contribution in [0.25, 0.3) is 0 Å². The number of methoxy groups -OCH3 is 2. The highest BCUT2D eigenvalue weighted by atomic mass is 19.4. The van der Waals surface area contributed by atoms with Crippen molar-refractivity contribution in [2.45, 2.75) is 12.2 Å². The van der Waals surface area contributed by atoms with Crippen LogP contribution in [0.15, 0.2) is 24.8 Å². The highest BCUT2D eigenvalue weighted by Crippen LogP contribution is 2.38. The van der Waals surface area contributed by atoms with Crippen LogP contribution in [0.1, 0.15) is 11.6 Å². The first-order valence-corrected chi connectivity index (χ1v) is 6.00. The molecule has 0 radical (unpaired) electrons. The molecule has 1 N–H and O–H groups in total. The predicted molar refractivity (Wildman–Crippen MR) is 69.6 cm³/mol. The lowest BCUT2D eigenvalue weighted by Crippen LogP contribution is -2.29. The Balaban J connectivity index is 2.42. The van der Waals surface area contributed by atoms with Crippen molar-refractivity contribution in [2.24, 2.45) is 0 Å². The Hall–Kier alpha value is -2.65. The van der Waals surface area contributed by atoms with Crippen molar-refractivity contribution >= 4 is 5.82 Å². The van der Waals surface area contributed by atoms with Crippen molar-refractivity contribution < 1.29 is 22.6 Å². The first kappa shape index (κ1) is 15.7. The molecule has 10 heteroatoms. The topological polar surface area (TPSA) is 82.0 Å². The van der Waals surface area contributed by atoms with E-state index in [1.165, 1.54) is 32.8 Å². The van der Waals surface area contributed by atoms with Gasteiger partial charge in [-0.2, -0.15) is 18.2 Å². The molecule has 0 bridgehead atoms. The van der Waals surface area contributed by atoms with Gasteiger partial charge in [-0.3, -0.25) is 4.98 Å².